The molecule has 0 unspecified atom stereocenters. The van der Waals surface area contributed by atoms with Gasteiger partial charge in [-0.15, -0.1) is 0 Å². The number of rotatable bonds is 5. The monoisotopic (exact) mass is 243 g/mol. The number of aromatic nitrogens is 1. The van der Waals surface area contributed by atoms with E-state index in [1.54, 1.807) is 0 Å². The Bertz CT molecular complexity index is 503. The molecule has 18 heavy (non-hydrogen) atoms. The van der Waals surface area contributed by atoms with Gasteiger partial charge in [-0.05, 0) is 34.9 Å². The molecular formula is C17H25N. The third-order valence-corrected chi connectivity index (χ3v) is 4.07. The second-order valence-electron chi connectivity index (χ2n) is 5.62. The summed E-state index contributed by atoms with van der Waals surface area (Å²) in [5, 5.41) is 1.37. The van der Waals surface area contributed by atoms with Crippen LogP contribution in [0.25, 0.3) is 10.9 Å². The lowest BCUT2D eigenvalue weighted by Gasteiger charge is -2.15. The van der Waals surface area contributed by atoms with Crippen molar-refractivity contribution in [2.24, 2.45) is 5.92 Å². The third-order valence-electron chi connectivity index (χ3n) is 4.07. The maximum atomic E-state index is 2.43. The van der Waals surface area contributed by atoms with Crippen molar-refractivity contribution in [1.29, 1.82) is 0 Å². The Morgan fingerprint density at radius 1 is 1.06 bits per heavy atom. The number of benzene rings is 1. The minimum absolute atomic E-state index is 0.603. The molecule has 0 bridgehead atoms. The highest BCUT2D eigenvalue weighted by Crippen LogP contribution is 2.24. The highest BCUT2D eigenvalue weighted by molar-refractivity contribution is 5.81. The van der Waals surface area contributed by atoms with Crippen molar-refractivity contribution in [2.75, 3.05) is 0 Å². The molecule has 0 aliphatic heterocycles. The summed E-state index contributed by atoms with van der Waals surface area (Å²) in [5.41, 5.74) is 2.83. The fourth-order valence-corrected chi connectivity index (χ4v) is 2.54. The molecule has 0 N–H and O–H groups in total. The van der Waals surface area contributed by atoms with Crippen molar-refractivity contribution >= 4 is 10.9 Å². The summed E-state index contributed by atoms with van der Waals surface area (Å²) in [5.74, 6) is 1.40. The molecule has 1 aromatic heterocycles. The Balaban J connectivity index is 2.36. The summed E-state index contributed by atoms with van der Waals surface area (Å²) in [7, 11) is 0. The molecule has 0 aliphatic carbocycles. The van der Waals surface area contributed by atoms with Crippen LogP contribution in [0.3, 0.4) is 0 Å². The Kier molecular flexibility index (Phi) is 4.11. The van der Waals surface area contributed by atoms with Crippen molar-refractivity contribution in [1.82, 2.24) is 4.57 Å². The van der Waals surface area contributed by atoms with Crippen molar-refractivity contribution in [2.45, 2.75) is 53.0 Å². The molecule has 0 fully saturated rings. The van der Waals surface area contributed by atoms with Crippen molar-refractivity contribution in [3.05, 3.63) is 36.0 Å². The molecular weight excluding hydrogens is 218 g/mol. The van der Waals surface area contributed by atoms with Gasteiger partial charge in [0.2, 0.25) is 0 Å². The van der Waals surface area contributed by atoms with Gasteiger partial charge < -0.3 is 4.57 Å². The lowest BCUT2D eigenvalue weighted by molar-refractivity contribution is 0.425. The molecule has 2 rings (SSSR count). The molecule has 0 saturated carbocycles. The van der Waals surface area contributed by atoms with Gasteiger partial charge in [0.05, 0.1) is 0 Å². The van der Waals surface area contributed by atoms with Gasteiger partial charge in [-0.3, -0.25) is 0 Å². The molecule has 98 valence electrons. The summed E-state index contributed by atoms with van der Waals surface area (Å²) >= 11 is 0. The van der Waals surface area contributed by atoms with E-state index in [0.29, 0.717) is 5.92 Å². The van der Waals surface area contributed by atoms with Crippen LogP contribution in [0.2, 0.25) is 0 Å². The molecule has 0 saturated heterocycles. The van der Waals surface area contributed by atoms with Gasteiger partial charge in [-0.2, -0.15) is 0 Å². The molecule has 1 heteroatoms. The van der Waals surface area contributed by atoms with E-state index in [9.17, 15) is 0 Å². The minimum Gasteiger partial charge on any atom is -0.347 e. The first-order valence-electron chi connectivity index (χ1n) is 7.24. The van der Waals surface area contributed by atoms with Crippen LogP contribution in [-0.4, -0.2) is 4.57 Å². The van der Waals surface area contributed by atoms with E-state index in [-0.39, 0.29) is 0 Å². The predicted octanol–water partition coefficient (Wildman–Crippen LogP) is 5.20. The zero-order valence-electron chi connectivity index (χ0n) is 12.1. The van der Waals surface area contributed by atoms with E-state index in [1.165, 1.54) is 29.3 Å². The molecule has 1 nitrogen and oxygen atoms in total. The third kappa shape index (κ3) is 2.60. The Labute approximate surface area is 111 Å². The zero-order valence-corrected chi connectivity index (χ0v) is 12.1. The average molecular weight is 243 g/mol. The lowest BCUT2D eigenvalue weighted by atomic mass is 10.0. The van der Waals surface area contributed by atoms with Crippen LogP contribution in [0.5, 0.6) is 0 Å². The first-order chi connectivity index (χ1) is 8.65. The second-order valence-corrected chi connectivity index (χ2v) is 5.62. The van der Waals surface area contributed by atoms with Gasteiger partial charge in [-0.1, -0.05) is 52.7 Å². The molecule has 1 heterocycles. The SMILES string of the molecule is CCC(CC)Cn1ccc2ccc(C(C)C)cc21. The van der Waals surface area contributed by atoms with E-state index in [1.807, 2.05) is 0 Å². The summed E-state index contributed by atoms with van der Waals surface area (Å²) in [6.45, 7) is 10.3. The average Bonchev–Trinajstić information content (AvgIpc) is 2.78. The molecule has 0 radical (unpaired) electrons. The van der Waals surface area contributed by atoms with E-state index < -0.39 is 0 Å². The normalized spacial score (nSPS) is 11.9. The quantitative estimate of drug-likeness (QED) is 0.680. The van der Waals surface area contributed by atoms with Crippen molar-refractivity contribution < 1.29 is 0 Å². The predicted molar refractivity (Wildman–Crippen MR) is 80.1 cm³/mol. The number of hydrogen-bond donors (Lipinski definition) is 0. The standard InChI is InChI=1S/C17H25N/c1-5-14(6-2)12-18-10-9-15-7-8-16(13(3)4)11-17(15)18/h7-11,13-14H,5-6,12H2,1-4H3. The molecule has 2 aromatic rings. The van der Waals surface area contributed by atoms with Crippen LogP contribution in [0.4, 0.5) is 0 Å². The van der Waals surface area contributed by atoms with Crippen LogP contribution in [0.1, 0.15) is 52.0 Å². The van der Waals surface area contributed by atoms with Crippen molar-refractivity contribution in [3.8, 4) is 0 Å². The molecule has 0 aliphatic rings. The van der Waals surface area contributed by atoms with Gasteiger partial charge in [0.15, 0.2) is 0 Å². The summed E-state index contributed by atoms with van der Waals surface area (Å²) in [4.78, 5) is 0. The van der Waals surface area contributed by atoms with Gasteiger partial charge in [0.1, 0.15) is 0 Å². The molecule has 0 amide bonds. The Morgan fingerprint density at radius 3 is 2.39 bits per heavy atom. The van der Waals surface area contributed by atoms with Gasteiger partial charge in [0.25, 0.3) is 0 Å². The Morgan fingerprint density at radius 2 is 1.78 bits per heavy atom. The largest absolute Gasteiger partial charge is 0.347 e. The smallest absolute Gasteiger partial charge is 0.0483 e. The number of nitrogens with zero attached hydrogens (tertiary/aromatic N) is 1. The second kappa shape index (κ2) is 5.60. The first kappa shape index (κ1) is 13.2. The fraction of sp³-hybridized carbons (Fsp3) is 0.529. The van der Waals surface area contributed by atoms with E-state index >= 15 is 0 Å². The highest BCUT2D eigenvalue weighted by Gasteiger charge is 2.08. The highest BCUT2D eigenvalue weighted by atomic mass is 15.0. The topological polar surface area (TPSA) is 4.93 Å². The minimum atomic E-state index is 0.603. The number of fused-ring (bicyclic) bond motifs is 1. The molecule has 0 atom stereocenters. The van der Waals surface area contributed by atoms with Gasteiger partial charge in [-0.25, -0.2) is 0 Å². The van der Waals surface area contributed by atoms with E-state index in [4.69, 9.17) is 0 Å². The maximum absolute atomic E-state index is 2.43. The summed E-state index contributed by atoms with van der Waals surface area (Å²) in [6, 6.07) is 9.12. The maximum Gasteiger partial charge on any atom is 0.0483 e. The van der Waals surface area contributed by atoms with E-state index in [2.05, 4.69) is 62.7 Å². The Hall–Kier alpha value is -1.24. The van der Waals surface area contributed by atoms with Gasteiger partial charge >= 0.3 is 0 Å². The zero-order chi connectivity index (χ0) is 13.1. The van der Waals surface area contributed by atoms with Crippen LogP contribution >= 0.6 is 0 Å². The fourth-order valence-electron chi connectivity index (χ4n) is 2.54. The molecule has 0 spiro atoms. The number of hydrogen-bond acceptors (Lipinski definition) is 0. The first-order valence-corrected chi connectivity index (χ1v) is 7.24. The lowest BCUT2D eigenvalue weighted by Crippen LogP contribution is -2.08. The summed E-state index contributed by atoms with van der Waals surface area (Å²) in [6.07, 6.45) is 4.77. The van der Waals surface area contributed by atoms with Crippen molar-refractivity contribution in [3.63, 3.8) is 0 Å². The van der Waals surface area contributed by atoms with Crippen LogP contribution in [0.15, 0.2) is 30.5 Å². The van der Waals surface area contributed by atoms with E-state index in [0.717, 1.165) is 12.5 Å². The van der Waals surface area contributed by atoms with Crippen LogP contribution in [0, 0.1) is 5.92 Å². The molecule has 1 aromatic carbocycles. The summed E-state index contributed by atoms with van der Waals surface area (Å²) < 4.78 is 2.43. The van der Waals surface area contributed by atoms with Gasteiger partial charge in [0, 0.05) is 18.3 Å². The van der Waals surface area contributed by atoms with Crippen LogP contribution < -0.4 is 0 Å². The van der Waals surface area contributed by atoms with Crippen LogP contribution in [-0.2, 0) is 6.54 Å².